The number of likely N-dealkylation sites (tertiary alicyclic amines) is 1. The molecule has 2 atom stereocenters. The van der Waals surface area contributed by atoms with Gasteiger partial charge in [0.25, 0.3) is 5.56 Å². The molecule has 2 bridgehead atoms. The zero-order valence-electron chi connectivity index (χ0n) is 15.0. The predicted molar refractivity (Wildman–Crippen MR) is 104 cm³/mol. The fraction of sp³-hybridized carbons (Fsp3) is 0.526. The Morgan fingerprint density at radius 1 is 1.27 bits per heavy atom. The number of nitrogens with zero attached hydrogens (tertiary/aromatic N) is 3. The van der Waals surface area contributed by atoms with Crippen molar-refractivity contribution in [1.29, 1.82) is 0 Å². The summed E-state index contributed by atoms with van der Waals surface area (Å²) in [5, 5.41) is 4.20. The number of hydrogen-bond donors (Lipinski definition) is 1. The fourth-order valence-electron chi connectivity index (χ4n) is 4.04. The monoisotopic (exact) mass is 376 g/mol. The number of carbonyl (C=O) groups is 1. The average molecular weight is 377 g/mol. The number of halogens is 1. The highest BCUT2D eigenvalue weighted by atomic mass is 35.5. The van der Waals surface area contributed by atoms with E-state index in [1.807, 2.05) is 24.0 Å². The van der Waals surface area contributed by atoms with E-state index in [2.05, 4.69) is 10.3 Å². The Morgan fingerprint density at radius 2 is 2.08 bits per heavy atom. The van der Waals surface area contributed by atoms with Crippen LogP contribution in [0.1, 0.15) is 31.2 Å². The van der Waals surface area contributed by atoms with Crippen LogP contribution in [0.4, 0.5) is 0 Å². The van der Waals surface area contributed by atoms with Crippen molar-refractivity contribution in [3.63, 3.8) is 0 Å². The lowest BCUT2D eigenvalue weighted by molar-refractivity contribution is -0.131. The molecule has 0 radical (unpaired) electrons. The number of amides is 1. The quantitative estimate of drug-likeness (QED) is 0.888. The zero-order chi connectivity index (χ0) is 17.4. The molecule has 26 heavy (non-hydrogen) atoms. The Balaban J connectivity index is 0.00000196. The van der Waals surface area contributed by atoms with Gasteiger partial charge in [0, 0.05) is 38.1 Å². The van der Waals surface area contributed by atoms with Gasteiger partial charge in [0.1, 0.15) is 0 Å². The molecule has 2 aliphatic heterocycles. The molecule has 2 aliphatic rings. The van der Waals surface area contributed by atoms with E-state index < -0.39 is 0 Å². The van der Waals surface area contributed by atoms with Gasteiger partial charge < -0.3 is 10.2 Å². The molecule has 140 valence electrons. The molecular weight excluding hydrogens is 352 g/mol. The molecule has 0 spiro atoms. The topological polar surface area (TPSA) is 67.2 Å². The van der Waals surface area contributed by atoms with Crippen molar-refractivity contribution in [2.24, 2.45) is 0 Å². The SMILES string of the molecule is Cc1cccc2c(=O)n(CCC(=O)N3CCC4CCC(C3)N4)cnc12.Cl. The number of carbonyl (C=O) groups excluding carboxylic acids is 1. The number of benzene rings is 1. The smallest absolute Gasteiger partial charge is 0.261 e. The number of fused-ring (bicyclic) bond motifs is 3. The third-order valence-corrected chi connectivity index (χ3v) is 5.50. The molecule has 4 rings (SSSR count). The largest absolute Gasteiger partial charge is 0.341 e. The summed E-state index contributed by atoms with van der Waals surface area (Å²) in [6.45, 7) is 3.94. The third kappa shape index (κ3) is 3.62. The highest BCUT2D eigenvalue weighted by Gasteiger charge is 2.30. The second-order valence-corrected chi connectivity index (χ2v) is 7.23. The molecule has 0 aliphatic carbocycles. The number of nitrogens with one attached hydrogen (secondary N) is 1. The first-order valence-electron chi connectivity index (χ1n) is 9.10. The molecule has 1 aromatic carbocycles. The predicted octanol–water partition coefficient (Wildman–Crippen LogP) is 1.87. The Morgan fingerprint density at radius 3 is 2.92 bits per heavy atom. The summed E-state index contributed by atoms with van der Waals surface area (Å²) in [4.78, 5) is 31.6. The van der Waals surface area contributed by atoms with Gasteiger partial charge in [-0.25, -0.2) is 4.98 Å². The Labute approximate surface area is 159 Å². The molecule has 3 heterocycles. The maximum absolute atomic E-state index is 12.6. The molecule has 0 saturated carbocycles. The summed E-state index contributed by atoms with van der Waals surface area (Å²) >= 11 is 0. The Hall–Kier alpha value is -1.92. The number of aromatic nitrogens is 2. The number of hydrogen-bond acceptors (Lipinski definition) is 4. The fourth-order valence-corrected chi connectivity index (χ4v) is 4.04. The first kappa shape index (κ1) is 18.9. The zero-order valence-corrected chi connectivity index (χ0v) is 15.8. The van der Waals surface area contributed by atoms with Crippen LogP contribution >= 0.6 is 12.4 Å². The maximum atomic E-state index is 12.6. The van der Waals surface area contributed by atoms with E-state index in [1.165, 1.54) is 6.42 Å². The van der Waals surface area contributed by atoms with Gasteiger partial charge in [0.15, 0.2) is 0 Å². The van der Waals surface area contributed by atoms with Gasteiger partial charge in [-0.2, -0.15) is 0 Å². The maximum Gasteiger partial charge on any atom is 0.261 e. The average Bonchev–Trinajstić information content (AvgIpc) is 2.93. The lowest BCUT2D eigenvalue weighted by Crippen LogP contribution is -2.39. The molecule has 2 unspecified atom stereocenters. The van der Waals surface area contributed by atoms with Crippen LogP contribution in [0.5, 0.6) is 0 Å². The highest BCUT2D eigenvalue weighted by molar-refractivity contribution is 5.85. The van der Waals surface area contributed by atoms with E-state index in [0.29, 0.717) is 30.4 Å². The normalized spacial score (nSPS) is 22.1. The van der Waals surface area contributed by atoms with Crippen molar-refractivity contribution in [1.82, 2.24) is 19.8 Å². The summed E-state index contributed by atoms with van der Waals surface area (Å²) in [7, 11) is 0. The van der Waals surface area contributed by atoms with Crippen molar-refractivity contribution in [2.45, 2.75) is 51.2 Å². The van der Waals surface area contributed by atoms with Gasteiger partial charge in [0.05, 0.1) is 17.2 Å². The van der Waals surface area contributed by atoms with Crippen molar-refractivity contribution < 1.29 is 4.79 Å². The van der Waals surface area contributed by atoms with Crippen molar-refractivity contribution in [3.8, 4) is 0 Å². The van der Waals surface area contributed by atoms with Gasteiger partial charge in [-0.3, -0.25) is 14.2 Å². The summed E-state index contributed by atoms with van der Waals surface area (Å²) in [6.07, 6.45) is 5.32. The molecular formula is C19H25ClN4O2. The van der Waals surface area contributed by atoms with Crippen LogP contribution in [0.15, 0.2) is 29.3 Å². The van der Waals surface area contributed by atoms with Crippen molar-refractivity contribution in [3.05, 3.63) is 40.4 Å². The van der Waals surface area contributed by atoms with E-state index in [0.717, 1.165) is 37.0 Å². The van der Waals surface area contributed by atoms with Gasteiger partial charge in [-0.1, -0.05) is 12.1 Å². The second-order valence-electron chi connectivity index (χ2n) is 7.23. The molecule has 2 aromatic rings. The lowest BCUT2D eigenvalue weighted by Gasteiger charge is -2.24. The van der Waals surface area contributed by atoms with Gasteiger partial charge in [-0.05, 0) is 37.8 Å². The van der Waals surface area contributed by atoms with Crippen LogP contribution in [0, 0.1) is 6.92 Å². The van der Waals surface area contributed by atoms with E-state index in [9.17, 15) is 9.59 Å². The molecule has 1 amide bonds. The van der Waals surface area contributed by atoms with Crippen molar-refractivity contribution in [2.75, 3.05) is 13.1 Å². The van der Waals surface area contributed by atoms with Crippen LogP contribution < -0.4 is 10.9 Å². The van der Waals surface area contributed by atoms with Crippen LogP contribution in [0.3, 0.4) is 0 Å². The first-order chi connectivity index (χ1) is 12.1. The van der Waals surface area contributed by atoms with Gasteiger partial charge in [0.2, 0.25) is 5.91 Å². The van der Waals surface area contributed by atoms with Crippen LogP contribution in [-0.2, 0) is 11.3 Å². The number of rotatable bonds is 3. The van der Waals surface area contributed by atoms with Crippen LogP contribution in [0.25, 0.3) is 10.9 Å². The lowest BCUT2D eigenvalue weighted by atomic mass is 10.1. The minimum Gasteiger partial charge on any atom is -0.341 e. The molecule has 6 nitrogen and oxygen atoms in total. The standard InChI is InChI=1S/C19H24N4O2.ClH/c1-13-3-2-4-16-18(13)20-12-23(19(16)25)10-8-17(24)22-9-7-14-5-6-15(11-22)21-14;/h2-4,12,14-15,21H,5-11H2,1H3;1H. The van der Waals surface area contributed by atoms with Crippen LogP contribution in [0.2, 0.25) is 0 Å². The van der Waals surface area contributed by atoms with Crippen LogP contribution in [-0.4, -0.2) is 45.5 Å². The van der Waals surface area contributed by atoms with Gasteiger partial charge >= 0.3 is 0 Å². The summed E-state index contributed by atoms with van der Waals surface area (Å²) in [6, 6.07) is 6.62. The molecule has 1 N–H and O–H groups in total. The number of aryl methyl sites for hydroxylation is 2. The van der Waals surface area contributed by atoms with E-state index >= 15 is 0 Å². The van der Waals surface area contributed by atoms with E-state index in [4.69, 9.17) is 0 Å². The summed E-state index contributed by atoms with van der Waals surface area (Å²) in [5.41, 5.74) is 1.66. The molecule has 2 fully saturated rings. The highest BCUT2D eigenvalue weighted by Crippen LogP contribution is 2.20. The number of para-hydroxylation sites is 1. The Kier molecular flexibility index (Phi) is 5.63. The minimum absolute atomic E-state index is 0. The van der Waals surface area contributed by atoms with E-state index in [-0.39, 0.29) is 23.9 Å². The summed E-state index contributed by atoms with van der Waals surface area (Å²) < 4.78 is 1.56. The molecule has 7 heteroatoms. The van der Waals surface area contributed by atoms with E-state index in [1.54, 1.807) is 17.0 Å². The third-order valence-electron chi connectivity index (χ3n) is 5.50. The van der Waals surface area contributed by atoms with Gasteiger partial charge in [-0.15, -0.1) is 12.4 Å². The van der Waals surface area contributed by atoms with Crippen molar-refractivity contribution >= 4 is 29.2 Å². The summed E-state index contributed by atoms with van der Waals surface area (Å²) in [5.74, 6) is 0.130. The minimum atomic E-state index is -0.0712. The Bertz CT molecular complexity index is 866. The molecule has 2 saturated heterocycles. The molecule has 1 aromatic heterocycles. The first-order valence-corrected chi connectivity index (χ1v) is 9.10. The second kappa shape index (κ2) is 7.76.